The van der Waals surface area contributed by atoms with Crippen molar-refractivity contribution in [2.75, 3.05) is 0 Å². The summed E-state index contributed by atoms with van der Waals surface area (Å²) in [6, 6.07) is 0. The van der Waals surface area contributed by atoms with E-state index in [1.54, 1.807) is 6.08 Å². The van der Waals surface area contributed by atoms with Crippen molar-refractivity contribution in [3.8, 4) is 0 Å². The third kappa shape index (κ3) is 5.74. The highest BCUT2D eigenvalue weighted by molar-refractivity contribution is 7.84. The van der Waals surface area contributed by atoms with Crippen LogP contribution in [0.4, 0.5) is 0 Å². The van der Waals surface area contributed by atoms with Gasteiger partial charge >= 0.3 is 0 Å². The van der Waals surface area contributed by atoms with E-state index in [4.69, 9.17) is 11.6 Å². The molecule has 0 bridgehead atoms. The topological polar surface area (TPSA) is 0 Å². The first-order chi connectivity index (χ1) is 4.31. The lowest BCUT2D eigenvalue weighted by atomic mass is 10.4. The normalized spacial score (nSPS) is 13.9. The molecule has 0 aliphatic heterocycles. The van der Waals surface area contributed by atoms with Crippen molar-refractivity contribution < 1.29 is 0 Å². The van der Waals surface area contributed by atoms with E-state index in [-0.39, 0.29) is 0 Å². The minimum Gasteiger partial charge on any atom is -0.143 e. The first-order valence-electron chi connectivity index (χ1n) is 2.60. The molecule has 0 aliphatic carbocycles. The Morgan fingerprint density at radius 1 is 1.56 bits per heavy atom. The van der Waals surface area contributed by atoms with E-state index in [1.807, 2.05) is 25.2 Å². The van der Waals surface area contributed by atoms with E-state index in [0.29, 0.717) is 0 Å². The highest BCUT2D eigenvalue weighted by atomic mass is 35.5. The van der Waals surface area contributed by atoms with Gasteiger partial charge in [-0.15, -0.1) is 12.6 Å². The van der Waals surface area contributed by atoms with Crippen molar-refractivity contribution in [1.82, 2.24) is 0 Å². The third-order valence-electron chi connectivity index (χ3n) is 0.677. The van der Waals surface area contributed by atoms with Gasteiger partial charge in [0.25, 0.3) is 0 Å². The first-order valence-corrected chi connectivity index (χ1v) is 3.48. The lowest BCUT2D eigenvalue weighted by Crippen LogP contribution is -1.57. The summed E-state index contributed by atoms with van der Waals surface area (Å²) in [5, 5.41) is 0. The van der Waals surface area contributed by atoms with Gasteiger partial charge in [0.2, 0.25) is 0 Å². The van der Waals surface area contributed by atoms with E-state index >= 15 is 0 Å². The van der Waals surface area contributed by atoms with E-state index in [0.717, 1.165) is 4.91 Å². The van der Waals surface area contributed by atoms with Gasteiger partial charge in [0.15, 0.2) is 0 Å². The summed E-state index contributed by atoms with van der Waals surface area (Å²) in [6.45, 7) is 1.94. The molecule has 50 valence electrons. The molecule has 0 aromatic rings. The van der Waals surface area contributed by atoms with E-state index < -0.39 is 0 Å². The van der Waals surface area contributed by atoms with Crippen LogP contribution in [0.5, 0.6) is 0 Å². The minimum atomic E-state index is 0.898. The SMILES string of the molecule is C\C=C/C(S)=C\C=C\Cl. The molecule has 0 saturated heterocycles. The maximum atomic E-state index is 5.26. The fourth-order valence-electron chi connectivity index (χ4n) is 0.361. The van der Waals surface area contributed by atoms with Crippen molar-refractivity contribution in [2.24, 2.45) is 0 Å². The molecule has 0 amide bonds. The van der Waals surface area contributed by atoms with Gasteiger partial charge < -0.3 is 0 Å². The highest BCUT2D eigenvalue weighted by Gasteiger charge is 1.74. The fraction of sp³-hybridized carbons (Fsp3) is 0.143. The molecular formula is C7H9ClS. The number of allylic oxidation sites excluding steroid dienone is 4. The van der Waals surface area contributed by atoms with Crippen LogP contribution in [0.25, 0.3) is 0 Å². The van der Waals surface area contributed by atoms with Gasteiger partial charge in [-0.2, -0.15) is 0 Å². The maximum absolute atomic E-state index is 5.26. The summed E-state index contributed by atoms with van der Waals surface area (Å²) in [5.74, 6) is 0. The van der Waals surface area contributed by atoms with Crippen molar-refractivity contribution >= 4 is 24.2 Å². The largest absolute Gasteiger partial charge is 0.143 e. The fourth-order valence-corrected chi connectivity index (χ4v) is 0.669. The zero-order valence-electron chi connectivity index (χ0n) is 5.21. The molecule has 0 N–H and O–H groups in total. The molecule has 0 radical (unpaired) electrons. The zero-order valence-corrected chi connectivity index (χ0v) is 6.86. The Kier molecular flexibility index (Phi) is 5.89. The van der Waals surface area contributed by atoms with Crippen LogP contribution < -0.4 is 0 Å². The molecule has 0 spiro atoms. The van der Waals surface area contributed by atoms with Gasteiger partial charge in [-0.3, -0.25) is 0 Å². The molecule has 0 aromatic carbocycles. The molecule has 0 heterocycles. The monoisotopic (exact) mass is 160 g/mol. The van der Waals surface area contributed by atoms with Gasteiger partial charge in [0, 0.05) is 10.4 Å². The number of hydrogen-bond donors (Lipinski definition) is 1. The summed E-state index contributed by atoms with van der Waals surface area (Å²) in [4.78, 5) is 0.898. The number of rotatable bonds is 2. The predicted octanol–water partition coefficient (Wildman–Crippen LogP) is 3.13. The van der Waals surface area contributed by atoms with E-state index in [2.05, 4.69) is 12.6 Å². The van der Waals surface area contributed by atoms with Crippen LogP contribution in [0.3, 0.4) is 0 Å². The zero-order chi connectivity index (χ0) is 7.11. The smallest absolute Gasteiger partial charge is 0.00428 e. The van der Waals surface area contributed by atoms with Crippen LogP contribution >= 0.6 is 24.2 Å². The molecule has 0 fully saturated rings. The molecule has 0 aliphatic rings. The number of halogens is 1. The number of thiol groups is 1. The molecule has 2 heteroatoms. The second-order valence-electron chi connectivity index (χ2n) is 1.41. The Labute approximate surface area is 66.3 Å². The molecule has 0 nitrogen and oxygen atoms in total. The lowest BCUT2D eigenvalue weighted by molar-refractivity contribution is 1.72. The molecule has 9 heavy (non-hydrogen) atoms. The van der Waals surface area contributed by atoms with Crippen molar-refractivity contribution in [3.63, 3.8) is 0 Å². The third-order valence-corrected chi connectivity index (χ3v) is 1.12. The van der Waals surface area contributed by atoms with Crippen LogP contribution in [-0.4, -0.2) is 0 Å². The van der Waals surface area contributed by atoms with Gasteiger partial charge in [-0.1, -0.05) is 23.8 Å². The van der Waals surface area contributed by atoms with Crippen LogP contribution in [0.1, 0.15) is 6.92 Å². The van der Waals surface area contributed by atoms with Gasteiger partial charge in [0.1, 0.15) is 0 Å². The quantitative estimate of drug-likeness (QED) is 0.466. The molecule has 0 atom stereocenters. The summed E-state index contributed by atoms with van der Waals surface area (Å²) in [7, 11) is 0. The predicted molar refractivity (Wildman–Crippen MR) is 46.9 cm³/mol. The summed E-state index contributed by atoms with van der Waals surface area (Å²) in [5.41, 5.74) is 1.44. The number of hydrogen-bond acceptors (Lipinski definition) is 1. The molecular weight excluding hydrogens is 152 g/mol. The Morgan fingerprint density at radius 3 is 2.67 bits per heavy atom. The van der Waals surface area contributed by atoms with Crippen molar-refractivity contribution in [3.05, 3.63) is 34.7 Å². The standard InChI is InChI=1S/C7H9ClS/c1-2-4-7(9)5-3-6-8/h2-6,9H,1H3/b4-2-,6-3+,7-5+. The van der Waals surface area contributed by atoms with Gasteiger partial charge in [-0.25, -0.2) is 0 Å². The van der Waals surface area contributed by atoms with Gasteiger partial charge in [0.05, 0.1) is 0 Å². The molecule has 0 saturated carbocycles. The molecule has 0 unspecified atom stereocenters. The summed E-state index contributed by atoms with van der Waals surface area (Å²) < 4.78 is 0. The molecule has 0 rings (SSSR count). The summed E-state index contributed by atoms with van der Waals surface area (Å²) >= 11 is 9.37. The average Bonchev–Trinajstić information content (AvgIpc) is 1.85. The van der Waals surface area contributed by atoms with E-state index in [1.165, 1.54) is 5.54 Å². The van der Waals surface area contributed by atoms with Crippen LogP contribution in [-0.2, 0) is 0 Å². The van der Waals surface area contributed by atoms with Crippen molar-refractivity contribution in [1.29, 1.82) is 0 Å². The van der Waals surface area contributed by atoms with Crippen molar-refractivity contribution in [2.45, 2.75) is 6.92 Å². The Bertz CT molecular complexity index is 145. The highest BCUT2D eigenvalue weighted by Crippen LogP contribution is 2.01. The van der Waals surface area contributed by atoms with E-state index in [9.17, 15) is 0 Å². The second-order valence-corrected chi connectivity index (χ2v) is 2.18. The molecule has 0 aromatic heterocycles. The lowest BCUT2D eigenvalue weighted by Gasteiger charge is -1.82. The average molecular weight is 161 g/mol. The first kappa shape index (κ1) is 8.86. The maximum Gasteiger partial charge on any atom is 0.00428 e. The Hall–Kier alpha value is -0.140. The summed E-state index contributed by atoms with van der Waals surface area (Å²) in [6.07, 6.45) is 7.35. The van der Waals surface area contributed by atoms with Gasteiger partial charge in [-0.05, 0) is 19.1 Å². The van der Waals surface area contributed by atoms with Crippen LogP contribution in [0, 0.1) is 0 Å². The minimum absolute atomic E-state index is 0.898. The second kappa shape index (κ2) is 5.99. The van der Waals surface area contributed by atoms with Crippen LogP contribution in [0.2, 0.25) is 0 Å². The Morgan fingerprint density at radius 2 is 2.22 bits per heavy atom. The Balaban J connectivity index is 3.84. The van der Waals surface area contributed by atoms with Crippen LogP contribution in [0.15, 0.2) is 34.7 Å².